The predicted octanol–water partition coefficient (Wildman–Crippen LogP) is 16.3. The molecule has 2 aromatic heterocycles. The standard InChI is InChI=1S/C68H54BN3O/c1-5-6-21-46-38-47(44-22-9-7-10-23-44)39-55(45-24-11-8-12-25-45)67(46)72-62-42-49(70-58-30-17-13-26-51(58)52-27-14-18-31-59(52)70)34-36-56(62)69-57-37-35-50(71-60-32-19-15-28-53(60)54-29-16-20-33-61(54)71)43-64(57)73-65-41-48(68(2,3)4)40-63(72)66(65)69/h7-20,22-43H,5-6,21H2,1-4H3. The summed E-state index contributed by atoms with van der Waals surface area (Å²) in [5, 5.41) is 4.98. The number of benzene rings is 10. The number of ether oxygens (including phenoxy) is 1. The number of aryl methyl sites for hydroxylation is 1. The maximum absolute atomic E-state index is 7.44. The summed E-state index contributed by atoms with van der Waals surface area (Å²) in [4.78, 5) is 2.65. The number of aromatic nitrogens is 2. The smallest absolute Gasteiger partial charge is 0.256 e. The molecule has 0 saturated carbocycles. The molecule has 2 aliphatic heterocycles. The molecular weight excluding hydrogens is 886 g/mol. The molecule has 0 atom stereocenters. The van der Waals surface area contributed by atoms with Gasteiger partial charge in [-0.1, -0.05) is 180 Å². The zero-order chi connectivity index (χ0) is 49.0. The summed E-state index contributed by atoms with van der Waals surface area (Å²) in [6, 6.07) is 81.2. The summed E-state index contributed by atoms with van der Waals surface area (Å²) in [5.41, 5.74) is 21.4. The maximum atomic E-state index is 7.44. The Balaban J connectivity index is 1.08. The summed E-state index contributed by atoms with van der Waals surface area (Å²) in [5.74, 6) is 1.80. The number of nitrogens with zero attached hydrogens (tertiary/aromatic N) is 3. The van der Waals surface area contributed by atoms with Gasteiger partial charge in [-0.3, -0.25) is 0 Å². The van der Waals surface area contributed by atoms with Gasteiger partial charge in [0.1, 0.15) is 11.5 Å². The van der Waals surface area contributed by atoms with Crippen molar-refractivity contribution in [3.8, 4) is 45.1 Å². The van der Waals surface area contributed by atoms with E-state index >= 15 is 0 Å². The topological polar surface area (TPSA) is 22.3 Å². The molecule has 0 saturated heterocycles. The van der Waals surface area contributed by atoms with E-state index in [9.17, 15) is 0 Å². The van der Waals surface area contributed by atoms with Crippen LogP contribution in [0.15, 0.2) is 218 Å². The Bertz CT molecular complexity index is 4050. The normalized spacial score (nSPS) is 12.9. The molecule has 4 heterocycles. The highest BCUT2D eigenvalue weighted by atomic mass is 16.5. The fourth-order valence-corrected chi connectivity index (χ4v) is 12.2. The molecule has 0 unspecified atom stereocenters. The van der Waals surface area contributed by atoms with E-state index in [0.717, 1.165) is 42.1 Å². The average molecular weight is 940 g/mol. The monoisotopic (exact) mass is 939 g/mol. The van der Waals surface area contributed by atoms with Crippen molar-refractivity contribution >= 4 is 83.8 Å². The van der Waals surface area contributed by atoms with Crippen LogP contribution < -0.4 is 26.0 Å². The third-order valence-corrected chi connectivity index (χ3v) is 15.7. The van der Waals surface area contributed by atoms with Gasteiger partial charge < -0.3 is 18.8 Å². The minimum atomic E-state index is -0.184. The molecule has 0 amide bonds. The SMILES string of the molecule is CCCCc1cc(-c2ccccc2)cc(-c2ccccc2)c1N1c2cc(-n3c4ccccc4c4ccccc43)ccc2B2c3ccc(-n4c5ccccc5c5ccccc54)cc3Oc3cc(C(C)(C)C)cc1c32. The molecule has 12 aromatic rings. The minimum Gasteiger partial charge on any atom is -0.458 e. The largest absolute Gasteiger partial charge is 0.458 e. The summed E-state index contributed by atoms with van der Waals surface area (Å²) in [6.45, 7) is 9.19. The lowest BCUT2D eigenvalue weighted by molar-refractivity contribution is 0.483. The molecule has 4 nitrogen and oxygen atoms in total. The van der Waals surface area contributed by atoms with Crippen LogP contribution in [-0.4, -0.2) is 15.8 Å². The van der Waals surface area contributed by atoms with Crippen LogP contribution in [0.3, 0.4) is 0 Å². The highest BCUT2D eigenvalue weighted by molar-refractivity contribution is 6.99. The highest BCUT2D eigenvalue weighted by Gasteiger charge is 2.44. The van der Waals surface area contributed by atoms with Crippen LogP contribution in [0.2, 0.25) is 0 Å². The van der Waals surface area contributed by atoms with Gasteiger partial charge in [0.05, 0.1) is 27.8 Å². The highest BCUT2D eigenvalue weighted by Crippen LogP contribution is 2.50. The first-order valence-electron chi connectivity index (χ1n) is 26.0. The molecule has 10 aromatic carbocycles. The van der Waals surface area contributed by atoms with Crippen molar-refractivity contribution in [3.63, 3.8) is 0 Å². The van der Waals surface area contributed by atoms with Crippen LogP contribution in [0, 0.1) is 0 Å². The van der Waals surface area contributed by atoms with Crippen molar-refractivity contribution < 1.29 is 4.74 Å². The number of unbranched alkanes of at least 4 members (excludes halogenated alkanes) is 1. The second-order valence-electron chi connectivity index (χ2n) is 21.1. The zero-order valence-corrected chi connectivity index (χ0v) is 41.7. The third-order valence-electron chi connectivity index (χ3n) is 15.7. The van der Waals surface area contributed by atoms with E-state index in [1.807, 2.05) is 0 Å². The molecule has 0 N–H and O–H groups in total. The number of hydrogen-bond acceptors (Lipinski definition) is 2. The Labute approximate surface area is 427 Å². The number of hydrogen-bond donors (Lipinski definition) is 0. The van der Waals surface area contributed by atoms with Crippen molar-refractivity contribution in [1.29, 1.82) is 0 Å². The molecule has 0 radical (unpaired) electrons. The number of fused-ring (bicyclic) bond motifs is 10. The lowest BCUT2D eigenvalue weighted by atomic mass is 9.34. The lowest BCUT2D eigenvalue weighted by Crippen LogP contribution is -2.59. The van der Waals surface area contributed by atoms with Crippen LogP contribution in [0.4, 0.5) is 17.1 Å². The summed E-state index contributed by atoms with van der Waals surface area (Å²) < 4.78 is 12.3. The van der Waals surface area contributed by atoms with E-state index in [2.05, 4.69) is 260 Å². The summed E-state index contributed by atoms with van der Waals surface area (Å²) >= 11 is 0. The van der Waals surface area contributed by atoms with E-state index in [4.69, 9.17) is 4.74 Å². The van der Waals surface area contributed by atoms with Crippen molar-refractivity contribution in [2.75, 3.05) is 4.90 Å². The first-order valence-corrected chi connectivity index (χ1v) is 26.0. The van der Waals surface area contributed by atoms with E-state index in [0.29, 0.717) is 0 Å². The van der Waals surface area contributed by atoms with Gasteiger partial charge in [-0.25, -0.2) is 0 Å². The zero-order valence-electron chi connectivity index (χ0n) is 41.7. The quantitative estimate of drug-likeness (QED) is 0.142. The van der Waals surface area contributed by atoms with Gasteiger partial charge in [-0.15, -0.1) is 0 Å². The first-order chi connectivity index (χ1) is 35.8. The second kappa shape index (κ2) is 16.8. The molecule has 0 aliphatic carbocycles. The predicted molar refractivity (Wildman–Crippen MR) is 309 cm³/mol. The first kappa shape index (κ1) is 43.3. The lowest BCUT2D eigenvalue weighted by Gasteiger charge is -2.42. The van der Waals surface area contributed by atoms with Crippen molar-refractivity contribution in [2.45, 2.75) is 52.4 Å². The summed E-state index contributed by atoms with van der Waals surface area (Å²) in [7, 11) is 0. The second-order valence-corrected chi connectivity index (χ2v) is 21.1. The van der Waals surface area contributed by atoms with Crippen LogP contribution >= 0.6 is 0 Å². The molecule has 14 rings (SSSR count). The van der Waals surface area contributed by atoms with Crippen LogP contribution in [0.5, 0.6) is 11.5 Å². The van der Waals surface area contributed by atoms with Gasteiger partial charge in [0.15, 0.2) is 0 Å². The van der Waals surface area contributed by atoms with Crippen LogP contribution in [0.1, 0.15) is 51.7 Å². The fraction of sp³-hybridized carbons (Fsp3) is 0.118. The Morgan fingerprint density at radius 1 is 0.452 bits per heavy atom. The number of anilines is 3. The van der Waals surface area contributed by atoms with Gasteiger partial charge in [0.25, 0.3) is 6.71 Å². The molecule has 2 aliphatic rings. The molecular formula is C68H54BN3O. The van der Waals surface area contributed by atoms with Crippen LogP contribution in [0.25, 0.3) is 77.2 Å². The van der Waals surface area contributed by atoms with Crippen LogP contribution in [-0.2, 0) is 11.8 Å². The van der Waals surface area contributed by atoms with E-state index in [1.54, 1.807) is 0 Å². The Hall–Kier alpha value is -8.54. The van der Waals surface area contributed by atoms with Gasteiger partial charge in [-0.05, 0) is 129 Å². The molecule has 73 heavy (non-hydrogen) atoms. The fourth-order valence-electron chi connectivity index (χ4n) is 12.2. The maximum Gasteiger partial charge on any atom is 0.256 e. The molecule has 0 bridgehead atoms. The third kappa shape index (κ3) is 6.82. The Morgan fingerprint density at radius 3 is 1.53 bits per heavy atom. The van der Waals surface area contributed by atoms with Gasteiger partial charge in [0, 0.05) is 55.9 Å². The van der Waals surface area contributed by atoms with Gasteiger partial charge >= 0.3 is 0 Å². The molecule has 350 valence electrons. The Kier molecular flexibility index (Phi) is 9.95. The number of para-hydroxylation sites is 4. The van der Waals surface area contributed by atoms with Gasteiger partial charge in [-0.2, -0.15) is 0 Å². The number of rotatable bonds is 8. The van der Waals surface area contributed by atoms with E-state index in [1.165, 1.54) is 110 Å². The molecule has 0 fully saturated rings. The van der Waals surface area contributed by atoms with E-state index < -0.39 is 0 Å². The van der Waals surface area contributed by atoms with Crippen molar-refractivity contribution in [1.82, 2.24) is 9.13 Å². The van der Waals surface area contributed by atoms with E-state index in [-0.39, 0.29) is 12.1 Å². The van der Waals surface area contributed by atoms with Crippen molar-refractivity contribution in [3.05, 3.63) is 230 Å². The average Bonchev–Trinajstić information content (AvgIpc) is 3.95. The Morgan fingerprint density at radius 2 is 0.973 bits per heavy atom. The molecule has 0 spiro atoms. The summed E-state index contributed by atoms with van der Waals surface area (Å²) in [6.07, 6.45) is 3.08. The minimum absolute atomic E-state index is 0.101. The molecule has 5 heteroatoms. The van der Waals surface area contributed by atoms with Crippen molar-refractivity contribution in [2.24, 2.45) is 0 Å². The van der Waals surface area contributed by atoms with Gasteiger partial charge in [0.2, 0.25) is 0 Å².